The maximum atomic E-state index is 14.0. The number of rotatable bonds is 4. The van der Waals surface area contributed by atoms with E-state index in [1.54, 1.807) is 23.3 Å². The van der Waals surface area contributed by atoms with Crippen molar-refractivity contribution in [1.29, 1.82) is 0 Å². The summed E-state index contributed by atoms with van der Waals surface area (Å²) in [6.45, 7) is 0.514. The molecule has 0 saturated heterocycles. The molecular formula is C13H12F2N2S2. The lowest BCUT2D eigenvalue weighted by atomic mass is 10.1. The summed E-state index contributed by atoms with van der Waals surface area (Å²) in [6.07, 6.45) is 0. The third-order valence-corrected chi connectivity index (χ3v) is 3.79. The molecule has 0 aliphatic carbocycles. The Morgan fingerprint density at radius 2 is 2.05 bits per heavy atom. The fourth-order valence-corrected chi connectivity index (χ4v) is 2.66. The lowest BCUT2D eigenvalue weighted by Gasteiger charge is -2.20. The lowest BCUT2D eigenvalue weighted by Crippen LogP contribution is -2.19. The number of hydrogen-bond acceptors (Lipinski definition) is 3. The summed E-state index contributed by atoms with van der Waals surface area (Å²) < 4.78 is 27.8. The first-order chi connectivity index (χ1) is 9.00. The van der Waals surface area contributed by atoms with Gasteiger partial charge in [0.15, 0.2) is 11.6 Å². The Bertz CT molecular complexity index is 597. The van der Waals surface area contributed by atoms with Crippen LogP contribution in [0.1, 0.15) is 10.4 Å². The standard InChI is InChI=1S/C13H12F2N2S2/c1-17(7-8-3-2-6-19-8)10-5-4-9(13(16)18)11(14)12(10)15/h2-6H,7H2,1H3,(H2,16,18). The summed E-state index contributed by atoms with van der Waals surface area (Å²) >= 11 is 6.24. The molecule has 1 aromatic carbocycles. The average Bonchev–Trinajstić information content (AvgIpc) is 2.84. The number of nitrogens with two attached hydrogens (primary N) is 1. The molecule has 0 bridgehead atoms. The highest BCUT2D eigenvalue weighted by Gasteiger charge is 2.17. The van der Waals surface area contributed by atoms with Gasteiger partial charge in [0.2, 0.25) is 0 Å². The molecule has 100 valence electrons. The van der Waals surface area contributed by atoms with Crippen LogP contribution in [0, 0.1) is 11.6 Å². The van der Waals surface area contributed by atoms with Crippen molar-refractivity contribution >= 4 is 34.2 Å². The molecule has 0 aliphatic heterocycles. The molecule has 2 aromatic rings. The van der Waals surface area contributed by atoms with Crippen LogP contribution in [0.3, 0.4) is 0 Å². The van der Waals surface area contributed by atoms with Crippen molar-refractivity contribution in [1.82, 2.24) is 0 Å². The minimum atomic E-state index is -0.997. The molecule has 0 fully saturated rings. The maximum absolute atomic E-state index is 14.0. The number of thiocarbonyl (C=S) groups is 1. The third-order valence-electron chi connectivity index (χ3n) is 2.71. The summed E-state index contributed by atoms with van der Waals surface area (Å²) in [5.74, 6) is -1.92. The number of benzene rings is 1. The zero-order chi connectivity index (χ0) is 14.0. The van der Waals surface area contributed by atoms with Gasteiger partial charge >= 0.3 is 0 Å². The van der Waals surface area contributed by atoms with Crippen molar-refractivity contribution in [3.63, 3.8) is 0 Å². The van der Waals surface area contributed by atoms with Crippen LogP contribution in [0.25, 0.3) is 0 Å². The number of thiophene rings is 1. The quantitative estimate of drug-likeness (QED) is 0.878. The van der Waals surface area contributed by atoms with Crippen molar-refractivity contribution < 1.29 is 8.78 Å². The smallest absolute Gasteiger partial charge is 0.182 e. The second-order valence-electron chi connectivity index (χ2n) is 4.06. The van der Waals surface area contributed by atoms with E-state index in [9.17, 15) is 8.78 Å². The van der Waals surface area contributed by atoms with Gasteiger partial charge in [-0.15, -0.1) is 11.3 Å². The van der Waals surface area contributed by atoms with Gasteiger partial charge in [-0.25, -0.2) is 8.78 Å². The zero-order valence-corrected chi connectivity index (χ0v) is 11.8. The molecule has 6 heteroatoms. The molecule has 2 N–H and O–H groups in total. The number of hydrogen-bond donors (Lipinski definition) is 1. The molecule has 0 spiro atoms. The van der Waals surface area contributed by atoms with Gasteiger partial charge in [0.25, 0.3) is 0 Å². The van der Waals surface area contributed by atoms with Gasteiger partial charge in [0.05, 0.1) is 12.2 Å². The van der Waals surface area contributed by atoms with E-state index in [0.717, 1.165) is 4.88 Å². The van der Waals surface area contributed by atoms with Gasteiger partial charge in [0, 0.05) is 17.5 Å². The summed E-state index contributed by atoms with van der Waals surface area (Å²) in [5.41, 5.74) is 5.45. The van der Waals surface area contributed by atoms with Crippen LogP contribution in [0.2, 0.25) is 0 Å². The lowest BCUT2D eigenvalue weighted by molar-refractivity contribution is 0.506. The van der Waals surface area contributed by atoms with Crippen molar-refractivity contribution in [2.45, 2.75) is 6.54 Å². The van der Waals surface area contributed by atoms with Gasteiger partial charge in [-0.1, -0.05) is 18.3 Å². The normalized spacial score (nSPS) is 10.5. The molecular weight excluding hydrogens is 286 g/mol. The first-order valence-electron chi connectivity index (χ1n) is 5.52. The molecule has 0 aliphatic rings. The predicted molar refractivity (Wildman–Crippen MR) is 78.7 cm³/mol. The number of anilines is 1. The monoisotopic (exact) mass is 298 g/mol. The molecule has 1 heterocycles. The third kappa shape index (κ3) is 2.90. The topological polar surface area (TPSA) is 29.3 Å². The fraction of sp³-hybridized carbons (Fsp3) is 0.154. The Hall–Kier alpha value is -1.53. The molecule has 2 rings (SSSR count). The molecule has 0 saturated carbocycles. The van der Waals surface area contributed by atoms with E-state index in [1.165, 1.54) is 12.1 Å². The Balaban J connectivity index is 2.30. The Kier molecular flexibility index (Phi) is 4.11. The fourth-order valence-electron chi connectivity index (χ4n) is 1.75. The Labute approximate surface area is 119 Å². The highest BCUT2D eigenvalue weighted by Crippen LogP contribution is 2.25. The van der Waals surface area contributed by atoms with E-state index in [2.05, 4.69) is 12.2 Å². The summed E-state index contributed by atoms with van der Waals surface area (Å²) in [7, 11) is 1.71. The Morgan fingerprint density at radius 1 is 1.32 bits per heavy atom. The minimum absolute atomic E-state index is 0.0687. The highest BCUT2D eigenvalue weighted by atomic mass is 32.1. The van der Waals surface area contributed by atoms with Gasteiger partial charge in [-0.3, -0.25) is 0 Å². The molecule has 19 heavy (non-hydrogen) atoms. The first kappa shape index (κ1) is 13.9. The van der Waals surface area contributed by atoms with Crippen LogP contribution in [0.5, 0.6) is 0 Å². The predicted octanol–water partition coefficient (Wildman–Crippen LogP) is 3.30. The van der Waals surface area contributed by atoms with Gasteiger partial charge in [-0.05, 0) is 23.6 Å². The van der Waals surface area contributed by atoms with E-state index in [-0.39, 0.29) is 16.2 Å². The van der Waals surface area contributed by atoms with E-state index in [1.807, 2.05) is 17.5 Å². The van der Waals surface area contributed by atoms with Crippen molar-refractivity contribution in [3.8, 4) is 0 Å². The average molecular weight is 298 g/mol. The van der Waals surface area contributed by atoms with E-state index >= 15 is 0 Å². The molecule has 0 atom stereocenters. The van der Waals surface area contributed by atoms with Crippen molar-refractivity contribution in [2.24, 2.45) is 5.73 Å². The number of nitrogens with zero attached hydrogens (tertiary/aromatic N) is 1. The van der Waals surface area contributed by atoms with E-state index in [0.29, 0.717) is 6.54 Å². The van der Waals surface area contributed by atoms with Crippen LogP contribution in [-0.2, 0) is 6.54 Å². The summed E-state index contributed by atoms with van der Waals surface area (Å²) in [6, 6.07) is 6.75. The zero-order valence-electron chi connectivity index (χ0n) is 10.2. The van der Waals surface area contributed by atoms with Gasteiger partial charge in [0.1, 0.15) is 4.99 Å². The van der Waals surface area contributed by atoms with Crippen LogP contribution in [0.15, 0.2) is 29.6 Å². The Morgan fingerprint density at radius 3 is 2.63 bits per heavy atom. The maximum Gasteiger partial charge on any atom is 0.182 e. The molecule has 0 radical (unpaired) electrons. The van der Waals surface area contributed by atoms with Crippen LogP contribution in [0.4, 0.5) is 14.5 Å². The highest BCUT2D eigenvalue weighted by molar-refractivity contribution is 7.80. The SMILES string of the molecule is CN(Cc1cccs1)c1ccc(C(N)=S)c(F)c1F. The van der Waals surface area contributed by atoms with E-state index < -0.39 is 11.6 Å². The van der Waals surface area contributed by atoms with Crippen molar-refractivity contribution in [2.75, 3.05) is 11.9 Å². The van der Waals surface area contributed by atoms with Gasteiger partial charge in [-0.2, -0.15) is 0 Å². The first-order valence-corrected chi connectivity index (χ1v) is 6.81. The second kappa shape index (κ2) is 5.63. The second-order valence-corrected chi connectivity index (χ2v) is 5.53. The minimum Gasteiger partial charge on any atom is -0.389 e. The van der Waals surface area contributed by atoms with Crippen molar-refractivity contribution in [3.05, 3.63) is 51.7 Å². The van der Waals surface area contributed by atoms with Crippen LogP contribution in [-0.4, -0.2) is 12.0 Å². The molecule has 0 unspecified atom stereocenters. The van der Waals surface area contributed by atoms with Crippen LogP contribution >= 0.6 is 23.6 Å². The van der Waals surface area contributed by atoms with Crippen LogP contribution < -0.4 is 10.6 Å². The van der Waals surface area contributed by atoms with Gasteiger partial charge < -0.3 is 10.6 Å². The largest absolute Gasteiger partial charge is 0.389 e. The summed E-state index contributed by atoms with van der Waals surface area (Å²) in [5, 5.41) is 1.94. The van der Waals surface area contributed by atoms with E-state index in [4.69, 9.17) is 5.73 Å². The molecule has 0 amide bonds. The number of halogens is 2. The summed E-state index contributed by atoms with van der Waals surface area (Å²) in [4.78, 5) is 2.57. The molecule has 2 nitrogen and oxygen atoms in total. The molecule has 1 aromatic heterocycles.